The molecule has 0 aromatic heterocycles. The number of nitrogens with one attached hydrogen (secondary N) is 1. The Balaban J connectivity index is 1.90. The van der Waals surface area contributed by atoms with Crippen LogP contribution in [-0.2, 0) is 32.6 Å². The minimum absolute atomic E-state index is 0.0210. The van der Waals surface area contributed by atoms with Crippen LogP contribution in [-0.4, -0.2) is 49.5 Å². The molecule has 9 heteroatoms. The number of carbonyl (C=O) groups excluding carboxylic acids is 2. The van der Waals surface area contributed by atoms with Crippen molar-refractivity contribution in [2.24, 2.45) is 0 Å². The first kappa shape index (κ1) is 31.8. The van der Waals surface area contributed by atoms with Crippen LogP contribution < -0.4 is 9.62 Å². The second-order valence-electron chi connectivity index (χ2n) is 11.4. The van der Waals surface area contributed by atoms with Gasteiger partial charge in [0.25, 0.3) is 0 Å². The zero-order valence-corrected chi connectivity index (χ0v) is 25.2. The molecular formula is C32H40FN3O4S. The van der Waals surface area contributed by atoms with Gasteiger partial charge in [0, 0.05) is 31.5 Å². The molecule has 0 fully saturated rings. The van der Waals surface area contributed by atoms with Crippen LogP contribution in [0.3, 0.4) is 0 Å². The first-order valence-corrected chi connectivity index (χ1v) is 15.5. The molecule has 0 spiro atoms. The van der Waals surface area contributed by atoms with E-state index in [0.29, 0.717) is 11.3 Å². The minimum Gasteiger partial charge on any atom is -0.350 e. The molecule has 2 amide bonds. The van der Waals surface area contributed by atoms with E-state index in [-0.39, 0.29) is 44.2 Å². The van der Waals surface area contributed by atoms with Gasteiger partial charge in [0.1, 0.15) is 11.9 Å². The van der Waals surface area contributed by atoms with Gasteiger partial charge in [-0.1, -0.05) is 54.6 Å². The lowest BCUT2D eigenvalue weighted by atomic mass is 10.00. The molecule has 1 atom stereocenters. The number of halogens is 1. The van der Waals surface area contributed by atoms with Crippen molar-refractivity contribution in [3.63, 3.8) is 0 Å². The lowest BCUT2D eigenvalue weighted by molar-refractivity contribution is -0.142. The van der Waals surface area contributed by atoms with Gasteiger partial charge in [0.2, 0.25) is 21.8 Å². The normalized spacial score (nSPS) is 12.4. The maximum absolute atomic E-state index is 13.8. The third-order valence-corrected chi connectivity index (χ3v) is 7.67. The zero-order chi connectivity index (χ0) is 30.2. The van der Waals surface area contributed by atoms with Crippen molar-refractivity contribution < 1.29 is 22.4 Å². The molecule has 1 N–H and O–H groups in total. The third kappa shape index (κ3) is 10.0. The summed E-state index contributed by atoms with van der Waals surface area (Å²) in [4.78, 5) is 29.0. The van der Waals surface area contributed by atoms with Crippen molar-refractivity contribution in [3.05, 3.63) is 101 Å². The summed E-state index contributed by atoms with van der Waals surface area (Å²) in [6.07, 6.45) is 1.70. The van der Waals surface area contributed by atoms with Crippen molar-refractivity contribution in [2.45, 2.75) is 65.1 Å². The molecule has 3 rings (SSSR count). The fourth-order valence-corrected chi connectivity index (χ4v) is 5.54. The largest absolute Gasteiger partial charge is 0.350 e. The summed E-state index contributed by atoms with van der Waals surface area (Å²) >= 11 is 0. The standard InChI is InChI=1S/C32H40FN3O4S/c1-24-11-9-14-28(21-24)36(41(5,39)40)20-10-15-30(37)35(23-26-16-18-27(33)19-17-26)29(31(38)34-32(2,3)4)22-25-12-7-6-8-13-25/h6-9,11-14,16-19,21,29H,10,15,20,22-23H2,1-5H3,(H,34,38)/t29-/m0/s1. The summed E-state index contributed by atoms with van der Waals surface area (Å²) in [5, 5.41) is 3.01. The molecule has 220 valence electrons. The number of benzene rings is 3. The molecule has 0 saturated heterocycles. The predicted octanol–water partition coefficient (Wildman–Crippen LogP) is 5.24. The summed E-state index contributed by atoms with van der Waals surface area (Å²) in [7, 11) is -3.59. The number of sulfonamides is 1. The van der Waals surface area contributed by atoms with E-state index < -0.39 is 27.4 Å². The zero-order valence-electron chi connectivity index (χ0n) is 24.4. The minimum atomic E-state index is -3.59. The van der Waals surface area contributed by atoms with Gasteiger partial charge in [-0.15, -0.1) is 0 Å². The Morgan fingerprint density at radius 3 is 2.17 bits per heavy atom. The number of hydrogen-bond donors (Lipinski definition) is 1. The SMILES string of the molecule is Cc1cccc(N(CCCC(=O)N(Cc2ccc(F)cc2)[C@@H](Cc2ccccc2)C(=O)NC(C)(C)C)S(C)(=O)=O)c1. The van der Waals surface area contributed by atoms with Gasteiger partial charge < -0.3 is 10.2 Å². The van der Waals surface area contributed by atoms with Gasteiger partial charge >= 0.3 is 0 Å². The monoisotopic (exact) mass is 581 g/mol. The summed E-state index contributed by atoms with van der Waals surface area (Å²) < 4.78 is 40.1. The molecule has 0 aliphatic carbocycles. The van der Waals surface area contributed by atoms with Crippen molar-refractivity contribution in [1.29, 1.82) is 0 Å². The fraction of sp³-hybridized carbons (Fsp3) is 0.375. The number of anilines is 1. The number of hydrogen-bond acceptors (Lipinski definition) is 4. The Hall–Kier alpha value is -3.72. The Morgan fingerprint density at radius 2 is 1.59 bits per heavy atom. The molecule has 0 heterocycles. The molecule has 0 aliphatic heterocycles. The average molecular weight is 582 g/mol. The molecule has 3 aromatic carbocycles. The van der Waals surface area contributed by atoms with Crippen LogP contribution in [0.25, 0.3) is 0 Å². The van der Waals surface area contributed by atoms with Crippen LogP contribution in [0.1, 0.15) is 50.3 Å². The van der Waals surface area contributed by atoms with E-state index in [1.54, 1.807) is 30.3 Å². The Morgan fingerprint density at radius 1 is 0.927 bits per heavy atom. The van der Waals surface area contributed by atoms with Gasteiger partial charge in [-0.2, -0.15) is 0 Å². The number of amides is 2. The lowest BCUT2D eigenvalue weighted by Gasteiger charge is -2.34. The molecule has 0 aliphatic rings. The van der Waals surface area contributed by atoms with E-state index in [9.17, 15) is 22.4 Å². The highest BCUT2D eigenvalue weighted by Crippen LogP contribution is 2.21. The van der Waals surface area contributed by atoms with Crippen LogP contribution >= 0.6 is 0 Å². The number of carbonyl (C=O) groups is 2. The average Bonchev–Trinajstić information content (AvgIpc) is 2.88. The van der Waals surface area contributed by atoms with Crippen molar-refractivity contribution in [3.8, 4) is 0 Å². The second-order valence-corrected chi connectivity index (χ2v) is 13.3. The highest BCUT2D eigenvalue weighted by molar-refractivity contribution is 7.92. The van der Waals surface area contributed by atoms with Crippen LogP contribution in [0.5, 0.6) is 0 Å². The molecule has 0 saturated carbocycles. The van der Waals surface area contributed by atoms with Gasteiger partial charge in [0.05, 0.1) is 11.9 Å². The second kappa shape index (κ2) is 13.8. The third-order valence-electron chi connectivity index (χ3n) is 6.48. The quantitative estimate of drug-likeness (QED) is 0.317. The Bertz CT molecular complexity index is 1420. The number of rotatable bonds is 12. The van der Waals surface area contributed by atoms with E-state index in [1.807, 2.05) is 64.1 Å². The van der Waals surface area contributed by atoms with E-state index in [2.05, 4.69) is 5.32 Å². The van der Waals surface area contributed by atoms with Crippen LogP contribution in [0.2, 0.25) is 0 Å². The first-order valence-electron chi connectivity index (χ1n) is 13.7. The van der Waals surface area contributed by atoms with E-state index in [1.165, 1.54) is 21.3 Å². The van der Waals surface area contributed by atoms with Gasteiger partial charge in [-0.3, -0.25) is 13.9 Å². The maximum atomic E-state index is 13.8. The summed E-state index contributed by atoms with van der Waals surface area (Å²) in [5.41, 5.74) is 2.50. The van der Waals surface area contributed by atoms with Gasteiger partial charge in [0.15, 0.2) is 0 Å². The van der Waals surface area contributed by atoms with Crippen LogP contribution in [0, 0.1) is 12.7 Å². The molecule has 3 aromatic rings. The maximum Gasteiger partial charge on any atom is 0.243 e. The predicted molar refractivity (Wildman–Crippen MR) is 161 cm³/mol. The Labute approximate surface area is 243 Å². The number of nitrogens with zero attached hydrogens (tertiary/aromatic N) is 2. The molecular weight excluding hydrogens is 541 g/mol. The topological polar surface area (TPSA) is 86.8 Å². The molecule has 41 heavy (non-hydrogen) atoms. The number of aryl methyl sites for hydroxylation is 1. The highest BCUT2D eigenvalue weighted by Gasteiger charge is 2.32. The van der Waals surface area contributed by atoms with Crippen molar-refractivity contribution in [2.75, 3.05) is 17.1 Å². The summed E-state index contributed by atoms with van der Waals surface area (Å²) in [5.74, 6) is -0.985. The fourth-order valence-electron chi connectivity index (χ4n) is 4.58. The lowest BCUT2D eigenvalue weighted by Crippen LogP contribution is -2.54. The van der Waals surface area contributed by atoms with E-state index in [4.69, 9.17) is 0 Å². The summed E-state index contributed by atoms with van der Waals surface area (Å²) in [6, 6.07) is 21.7. The molecule has 0 radical (unpaired) electrons. The van der Waals surface area contributed by atoms with Gasteiger partial charge in [-0.25, -0.2) is 12.8 Å². The smallest absolute Gasteiger partial charge is 0.243 e. The molecule has 7 nitrogen and oxygen atoms in total. The highest BCUT2D eigenvalue weighted by atomic mass is 32.2. The van der Waals surface area contributed by atoms with Crippen LogP contribution in [0.15, 0.2) is 78.9 Å². The van der Waals surface area contributed by atoms with Gasteiger partial charge in [-0.05, 0) is 75.1 Å². The Kier molecular flexibility index (Phi) is 10.7. The van der Waals surface area contributed by atoms with Crippen molar-refractivity contribution in [1.82, 2.24) is 10.2 Å². The van der Waals surface area contributed by atoms with Crippen LogP contribution in [0.4, 0.5) is 10.1 Å². The van der Waals surface area contributed by atoms with E-state index in [0.717, 1.165) is 17.4 Å². The summed E-state index contributed by atoms with van der Waals surface area (Å²) in [6.45, 7) is 7.72. The molecule has 0 bridgehead atoms. The van der Waals surface area contributed by atoms with E-state index >= 15 is 0 Å². The molecule has 0 unspecified atom stereocenters. The van der Waals surface area contributed by atoms with Crippen molar-refractivity contribution >= 4 is 27.5 Å². The first-order chi connectivity index (χ1) is 19.2.